The Bertz CT molecular complexity index is 1670. The van der Waals surface area contributed by atoms with E-state index in [-0.39, 0.29) is 23.7 Å². The van der Waals surface area contributed by atoms with Crippen molar-refractivity contribution < 1.29 is 26.7 Å². The van der Waals surface area contributed by atoms with E-state index in [0.717, 1.165) is 0 Å². The van der Waals surface area contributed by atoms with Gasteiger partial charge in [-0.25, -0.2) is 27.8 Å². The minimum Gasteiger partial charge on any atom is -0.494 e. The largest absolute Gasteiger partial charge is 0.494 e. The molecule has 216 valence electrons. The fourth-order valence-corrected chi connectivity index (χ4v) is 5.80. The number of hydrogen-bond acceptors (Lipinski definition) is 9. The summed E-state index contributed by atoms with van der Waals surface area (Å²) in [5.74, 6) is 0.542. The molecule has 0 radical (unpaired) electrons. The summed E-state index contributed by atoms with van der Waals surface area (Å²) in [6.07, 6.45) is 1.41. The summed E-state index contributed by atoms with van der Waals surface area (Å²) < 4.78 is 66.6. The maximum atomic E-state index is 15.8. The van der Waals surface area contributed by atoms with Crippen LogP contribution in [0.15, 0.2) is 48.7 Å². The minimum absolute atomic E-state index is 0.00677. The lowest BCUT2D eigenvalue weighted by molar-refractivity contribution is 0.0987. The normalized spacial score (nSPS) is 15.7. The standard InChI is InChI=1S/C28H30F2N6O4S/c1-17-16-40-11-10-36(17)28-21-13-19(20-5-3-6-22(25(20)30)35-41(37,38)12-4-9-29)14-23(39-2)26(21)33-27(34-28)18-7-8-24(31)32-15-18/h3,5-8,13-15,17,35H,4,9-12,16H2,1-2H3,(H2,31,32)/t17-/m1/s1. The number of morpholine rings is 1. The van der Waals surface area contributed by atoms with Gasteiger partial charge in [0.25, 0.3) is 0 Å². The van der Waals surface area contributed by atoms with E-state index in [0.29, 0.717) is 65.0 Å². The summed E-state index contributed by atoms with van der Waals surface area (Å²) >= 11 is 0. The molecule has 4 aromatic rings. The van der Waals surface area contributed by atoms with Gasteiger partial charge in [0.05, 0.1) is 44.5 Å². The molecule has 5 rings (SSSR count). The van der Waals surface area contributed by atoms with E-state index in [4.69, 9.17) is 25.2 Å². The number of benzene rings is 2. The van der Waals surface area contributed by atoms with Crippen LogP contribution in [-0.4, -0.2) is 68.7 Å². The van der Waals surface area contributed by atoms with Gasteiger partial charge in [0, 0.05) is 29.3 Å². The lowest BCUT2D eigenvalue weighted by atomic mass is 10.0. The average Bonchev–Trinajstić information content (AvgIpc) is 2.97. The van der Waals surface area contributed by atoms with Crippen molar-refractivity contribution in [3.8, 4) is 28.3 Å². The van der Waals surface area contributed by atoms with Gasteiger partial charge in [-0.2, -0.15) is 0 Å². The number of sulfonamides is 1. The summed E-state index contributed by atoms with van der Waals surface area (Å²) in [5.41, 5.74) is 7.29. The Morgan fingerprint density at radius 3 is 2.73 bits per heavy atom. The van der Waals surface area contributed by atoms with E-state index in [1.807, 2.05) is 6.92 Å². The zero-order chi connectivity index (χ0) is 29.1. The third kappa shape index (κ3) is 6.00. The molecule has 3 N–H and O–H groups in total. The van der Waals surface area contributed by atoms with Crippen molar-refractivity contribution in [2.45, 2.75) is 19.4 Å². The number of ether oxygens (including phenoxy) is 2. The van der Waals surface area contributed by atoms with Crippen LogP contribution in [0.1, 0.15) is 13.3 Å². The molecule has 0 amide bonds. The Balaban J connectivity index is 1.68. The van der Waals surface area contributed by atoms with Crippen LogP contribution < -0.4 is 20.1 Å². The SMILES string of the molecule is COc1cc(-c2cccc(NS(=O)(=O)CCCF)c2F)cc2c(N3CCOC[C@H]3C)nc(-c3ccc(N)nc3)nc12. The molecule has 0 aliphatic carbocycles. The molecule has 0 bridgehead atoms. The molecule has 2 aromatic carbocycles. The van der Waals surface area contributed by atoms with E-state index >= 15 is 4.39 Å². The van der Waals surface area contributed by atoms with Crippen molar-refractivity contribution in [2.24, 2.45) is 0 Å². The molecule has 41 heavy (non-hydrogen) atoms. The first-order valence-corrected chi connectivity index (χ1v) is 14.7. The monoisotopic (exact) mass is 584 g/mol. The average molecular weight is 585 g/mol. The highest BCUT2D eigenvalue weighted by atomic mass is 32.2. The first-order chi connectivity index (χ1) is 19.7. The number of aromatic nitrogens is 3. The summed E-state index contributed by atoms with van der Waals surface area (Å²) in [5, 5.41) is 0.619. The number of hydrogen-bond donors (Lipinski definition) is 2. The highest BCUT2D eigenvalue weighted by Crippen LogP contribution is 2.39. The van der Waals surface area contributed by atoms with Crippen molar-refractivity contribution in [1.29, 1.82) is 0 Å². The third-order valence-electron chi connectivity index (χ3n) is 6.77. The van der Waals surface area contributed by atoms with Gasteiger partial charge in [-0.3, -0.25) is 9.11 Å². The molecular formula is C28H30F2N6O4S. The van der Waals surface area contributed by atoms with Crippen molar-refractivity contribution in [1.82, 2.24) is 15.0 Å². The van der Waals surface area contributed by atoms with Crippen molar-refractivity contribution >= 4 is 38.2 Å². The molecular weight excluding hydrogens is 554 g/mol. The predicted octanol–water partition coefficient (Wildman–Crippen LogP) is 4.42. The molecule has 0 saturated carbocycles. The van der Waals surface area contributed by atoms with Crippen LogP contribution >= 0.6 is 0 Å². The first kappa shape index (κ1) is 28.4. The molecule has 1 saturated heterocycles. The number of anilines is 3. The van der Waals surface area contributed by atoms with Crippen LogP contribution in [0.5, 0.6) is 5.75 Å². The van der Waals surface area contributed by atoms with E-state index in [1.165, 1.54) is 13.2 Å². The zero-order valence-corrected chi connectivity index (χ0v) is 23.4. The lowest BCUT2D eigenvalue weighted by Gasteiger charge is -2.35. The molecule has 1 aliphatic heterocycles. The van der Waals surface area contributed by atoms with Crippen LogP contribution in [0.2, 0.25) is 0 Å². The van der Waals surface area contributed by atoms with Gasteiger partial charge in [-0.15, -0.1) is 0 Å². The third-order valence-corrected chi connectivity index (χ3v) is 8.13. The molecule has 1 aliphatic rings. The van der Waals surface area contributed by atoms with Gasteiger partial charge < -0.3 is 20.1 Å². The van der Waals surface area contributed by atoms with Gasteiger partial charge in [0.1, 0.15) is 22.9 Å². The van der Waals surface area contributed by atoms with Crippen LogP contribution in [0.3, 0.4) is 0 Å². The van der Waals surface area contributed by atoms with E-state index in [1.54, 1.807) is 42.6 Å². The zero-order valence-electron chi connectivity index (χ0n) is 22.6. The first-order valence-electron chi connectivity index (χ1n) is 13.0. The van der Waals surface area contributed by atoms with E-state index < -0.39 is 28.3 Å². The maximum absolute atomic E-state index is 15.8. The summed E-state index contributed by atoms with van der Waals surface area (Å²) in [7, 11) is -2.44. The second-order valence-corrected chi connectivity index (χ2v) is 11.5. The molecule has 1 fully saturated rings. The smallest absolute Gasteiger partial charge is 0.232 e. The Morgan fingerprint density at radius 2 is 2.02 bits per heavy atom. The highest BCUT2D eigenvalue weighted by molar-refractivity contribution is 7.92. The van der Waals surface area contributed by atoms with Gasteiger partial charge in [0.2, 0.25) is 10.0 Å². The molecule has 13 heteroatoms. The number of nitrogens with one attached hydrogen (secondary N) is 1. The number of halogens is 2. The number of fused-ring (bicyclic) bond motifs is 1. The van der Waals surface area contributed by atoms with Crippen molar-refractivity contribution in [3.63, 3.8) is 0 Å². The topological polar surface area (TPSA) is 133 Å². The van der Waals surface area contributed by atoms with Gasteiger partial charge in [0.15, 0.2) is 11.6 Å². The molecule has 2 aromatic heterocycles. The van der Waals surface area contributed by atoms with Crippen LogP contribution in [-0.2, 0) is 14.8 Å². The lowest BCUT2D eigenvalue weighted by Crippen LogP contribution is -2.44. The Kier molecular flexibility index (Phi) is 8.18. The number of pyridine rings is 1. The van der Waals surface area contributed by atoms with Crippen LogP contribution in [0, 0.1) is 5.82 Å². The van der Waals surface area contributed by atoms with Crippen molar-refractivity contribution in [2.75, 3.05) is 54.7 Å². The highest BCUT2D eigenvalue weighted by Gasteiger charge is 2.26. The van der Waals surface area contributed by atoms with Gasteiger partial charge in [-0.05, 0) is 49.2 Å². The van der Waals surface area contributed by atoms with Gasteiger partial charge in [-0.1, -0.05) is 12.1 Å². The van der Waals surface area contributed by atoms with Crippen molar-refractivity contribution in [3.05, 3.63) is 54.5 Å². The van der Waals surface area contributed by atoms with Crippen LogP contribution in [0.25, 0.3) is 33.4 Å². The second-order valence-electron chi connectivity index (χ2n) is 9.67. The summed E-state index contributed by atoms with van der Waals surface area (Å²) in [4.78, 5) is 16.0. The molecule has 3 heterocycles. The fraction of sp³-hybridized carbons (Fsp3) is 0.321. The number of alkyl halides is 1. The summed E-state index contributed by atoms with van der Waals surface area (Å²) in [6.45, 7) is 2.81. The van der Waals surface area contributed by atoms with Gasteiger partial charge >= 0.3 is 0 Å². The molecule has 1 atom stereocenters. The molecule has 0 spiro atoms. The number of nitrogens with two attached hydrogens (primary N) is 1. The number of nitrogen functional groups attached to an aromatic ring is 1. The number of rotatable bonds is 9. The Morgan fingerprint density at radius 1 is 1.20 bits per heavy atom. The number of methoxy groups -OCH3 is 1. The second kappa shape index (κ2) is 11.8. The Hall–Kier alpha value is -4.10. The fourth-order valence-electron chi connectivity index (χ4n) is 4.72. The summed E-state index contributed by atoms with van der Waals surface area (Å²) in [6, 6.07) is 11.3. The molecule has 0 unspecified atom stereocenters. The number of nitrogens with zero attached hydrogens (tertiary/aromatic N) is 4. The van der Waals surface area contributed by atoms with E-state index in [9.17, 15) is 12.8 Å². The predicted molar refractivity (Wildman–Crippen MR) is 155 cm³/mol. The maximum Gasteiger partial charge on any atom is 0.232 e. The van der Waals surface area contributed by atoms with E-state index in [2.05, 4.69) is 14.6 Å². The quantitative estimate of drug-likeness (QED) is 0.293. The van der Waals surface area contributed by atoms with Crippen LogP contribution in [0.4, 0.5) is 26.1 Å². The Labute approximate surface area is 236 Å². The molecule has 10 nitrogen and oxygen atoms in total. The minimum atomic E-state index is -3.93.